The average Bonchev–Trinajstić information content (AvgIpc) is 2.59. The highest BCUT2D eigenvalue weighted by atomic mass is 19.3. The first-order chi connectivity index (χ1) is 9.16. The van der Waals surface area contributed by atoms with Gasteiger partial charge in [-0.25, -0.2) is 18.7 Å². The molecule has 1 aliphatic heterocycles. The summed E-state index contributed by atoms with van der Waals surface area (Å²) in [5.41, 5.74) is 0.751. The van der Waals surface area contributed by atoms with Crippen molar-refractivity contribution < 1.29 is 13.5 Å². The van der Waals surface area contributed by atoms with Crippen LogP contribution >= 0.6 is 0 Å². The van der Waals surface area contributed by atoms with Crippen molar-refractivity contribution >= 4 is 16.7 Å². The number of ether oxygens (including phenoxy) is 1. The SMILES string of the molecule is FC1(F)COCCN(c2ncnc3ccccc23)C1. The van der Waals surface area contributed by atoms with Gasteiger partial charge in [-0.05, 0) is 12.1 Å². The number of hydrogen-bond donors (Lipinski definition) is 0. The Hall–Kier alpha value is -1.82. The zero-order chi connectivity index (χ0) is 13.3. The molecular weight excluding hydrogens is 252 g/mol. The normalized spacial score (nSPS) is 19.4. The van der Waals surface area contributed by atoms with Gasteiger partial charge in [0.25, 0.3) is 5.92 Å². The number of hydrogen-bond acceptors (Lipinski definition) is 4. The van der Waals surface area contributed by atoms with Crippen molar-refractivity contribution in [3.05, 3.63) is 30.6 Å². The van der Waals surface area contributed by atoms with Gasteiger partial charge in [0.1, 0.15) is 18.8 Å². The summed E-state index contributed by atoms with van der Waals surface area (Å²) in [5, 5.41) is 0.780. The molecule has 0 atom stereocenters. The fraction of sp³-hybridized carbons (Fsp3) is 0.385. The summed E-state index contributed by atoms with van der Waals surface area (Å²) in [6, 6.07) is 7.39. The van der Waals surface area contributed by atoms with Gasteiger partial charge < -0.3 is 9.64 Å². The standard InChI is InChI=1S/C13H13F2N3O/c14-13(15)7-18(5-6-19-8-13)12-10-3-1-2-4-11(10)16-9-17-12/h1-4,9H,5-8H2. The van der Waals surface area contributed by atoms with Crippen molar-refractivity contribution in [3.63, 3.8) is 0 Å². The highest BCUT2D eigenvalue weighted by molar-refractivity contribution is 5.89. The van der Waals surface area contributed by atoms with Crippen molar-refractivity contribution in [1.29, 1.82) is 0 Å². The second-order valence-corrected chi connectivity index (χ2v) is 4.54. The third-order valence-electron chi connectivity index (χ3n) is 3.06. The van der Waals surface area contributed by atoms with E-state index >= 15 is 0 Å². The third kappa shape index (κ3) is 2.49. The summed E-state index contributed by atoms with van der Waals surface area (Å²) in [6.45, 7) is -0.245. The molecule has 3 rings (SSSR count). The Morgan fingerprint density at radius 2 is 2.05 bits per heavy atom. The van der Waals surface area contributed by atoms with Gasteiger partial charge in [0.15, 0.2) is 0 Å². The number of anilines is 1. The van der Waals surface area contributed by atoms with E-state index in [1.807, 2.05) is 24.3 Å². The van der Waals surface area contributed by atoms with E-state index in [0.29, 0.717) is 12.4 Å². The average molecular weight is 265 g/mol. The molecule has 19 heavy (non-hydrogen) atoms. The van der Waals surface area contributed by atoms with Crippen LogP contribution in [0.4, 0.5) is 14.6 Å². The van der Waals surface area contributed by atoms with Crippen molar-refractivity contribution in [2.24, 2.45) is 0 Å². The summed E-state index contributed by atoms with van der Waals surface area (Å²) in [7, 11) is 0. The van der Waals surface area contributed by atoms with Crippen LogP contribution in [0.1, 0.15) is 0 Å². The Morgan fingerprint density at radius 3 is 2.95 bits per heavy atom. The predicted octanol–water partition coefficient (Wildman–Crippen LogP) is 2.10. The molecule has 0 saturated carbocycles. The van der Waals surface area contributed by atoms with Crippen molar-refractivity contribution in [2.45, 2.75) is 5.92 Å². The van der Waals surface area contributed by atoms with E-state index in [1.165, 1.54) is 6.33 Å². The van der Waals surface area contributed by atoms with Gasteiger partial charge in [-0.1, -0.05) is 12.1 Å². The molecule has 0 bridgehead atoms. The molecule has 1 aromatic heterocycles. The van der Waals surface area contributed by atoms with E-state index in [9.17, 15) is 8.78 Å². The lowest BCUT2D eigenvalue weighted by molar-refractivity contribution is -0.0563. The third-order valence-corrected chi connectivity index (χ3v) is 3.06. The maximum Gasteiger partial charge on any atom is 0.288 e. The predicted molar refractivity (Wildman–Crippen MR) is 67.5 cm³/mol. The molecular formula is C13H13F2N3O. The van der Waals surface area contributed by atoms with Crippen molar-refractivity contribution in [2.75, 3.05) is 31.2 Å². The molecule has 4 nitrogen and oxygen atoms in total. The van der Waals surface area contributed by atoms with Gasteiger partial charge in [-0.3, -0.25) is 0 Å². The molecule has 0 spiro atoms. The first kappa shape index (κ1) is 12.2. The van der Waals surface area contributed by atoms with Crippen LogP contribution < -0.4 is 4.90 Å². The molecule has 0 radical (unpaired) electrons. The van der Waals surface area contributed by atoms with Crippen LogP contribution in [0.15, 0.2) is 30.6 Å². The second kappa shape index (κ2) is 4.70. The number of benzene rings is 1. The molecule has 1 aromatic carbocycles. The maximum absolute atomic E-state index is 13.6. The fourth-order valence-corrected chi connectivity index (χ4v) is 2.22. The molecule has 1 saturated heterocycles. The molecule has 0 N–H and O–H groups in total. The molecule has 6 heteroatoms. The van der Waals surface area contributed by atoms with Crippen molar-refractivity contribution in [3.8, 4) is 0 Å². The fourth-order valence-electron chi connectivity index (χ4n) is 2.22. The summed E-state index contributed by atoms with van der Waals surface area (Å²) < 4.78 is 32.1. The van der Waals surface area contributed by atoms with Crippen LogP contribution in [0.2, 0.25) is 0 Å². The van der Waals surface area contributed by atoms with E-state index < -0.39 is 12.5 Å². The minimum Gasteiger partial charge on any atom is -0.373 e. The first-order valence-corrected chi connectivity index (χ1v) is 6.06. The molecule has 1 aliphatic rings. The molecule has 2 heterocycles. The number of aromatic nitrogens is 2. The van der Waals surface area contributed by atoms with E-state index in [2.05, 4.69) is 9.97 Å². The summed E-state index contributed by atoms with van der Waals surface area (Å²) in [5.74, 6) is -2.32. The summed E-state index contributed by atoms with van der Waals surface area (Å²) in [4.78, 5) is 9.87. The highest BCUT2D eigenvalue weighted by Gasteiger charge is 2.35. The van der Waals surface area contributed by atoms with Gasteiger partial charge in [0.05, 0.1) is 18.7 Å². The number of para-hydroxylation sites is 1. The summed E-state index contributed by atoms with van der Waals surface area (Å²) in [6.07, 6.45) is 1.40. The number of halogens is 2. The van der Waals surface area contributed by atoms with Gasteiger partial charge in [-0.15, -0.1) is 0 Å². The van der Waals surface area contributed by atoms with Crippen LogP contribution in [0.3, 0.4) is 0 Å². The summed E-state index contributed by atoms with van der Waals surface area (Å²) >= 11 is 0. The zero-order valence-electron chi connectivity index (χ0n) is 10.2. The minimum atomic E-state index is -2.86. The Morgan fingerprint density at radius 1 is 1.21 bits per heavy atom. The number of nitrogens with zero attached hydrogens (tertiary/aromatic N) is 3. The van der Waals surface area contributed by atoms with Crippen molar-refractivity contribution in [1.82, 2.24) is 9.97 Å². The number of fused-ring (bicyclic) bond motifs is 1. The second-order valence-electron chi connectivity index (χ2n) is 4.54. The topological polar surface area (TPSA) is 38.2 Å². The first-order valence-electron chi connectivity index (χ1n) is 6.06. The van der Waals surface area contributed by atoms with Gasteiger partial charge >= 0.3 is 0 Å². The number of alkyl halides is 2. The van der Waals surface area contributed by atoms with E-state index in [1.54, 1.807) is 4.90 Å². The largest absolute Gasteiger partial charge is 0.373 e. The lowest BCUT2D eigenvalue weighted by Crippen LogP contribution is -2.38. The van der Waals surface area contributed by atoms with Crippen LogP contribution in [-0.4, -0.2) is 42.2 Å². The number of rotatable bonds is 1. The molecule has 2 aromatic rings. The van der Waals surface area contributed by atoms with Crippen LogP contribution in [0.5, 0.6) is 0 Å². The van der Waals surface area contributed by atoms with Crippen LogP contribution in [0.25, 0.3) is 10.9 Å². The van der Waals surface area contributed by atoms with Gasteiger partial charge in [0.2, 0.25) is 0 Å². The Kier molecular flexibility index (Phi) is 3.02. The quantitative estimate of drug-likeness (QED) is 0.791. The Bertz CT molecular complexity index is 586. The van der Waals surface area contributed by atoms with E-state index in [4.69, 9.17) is 4.74 Å². The highest BCUT2D eigenvalue weighted by Crippen LogP contribution is 2.27. The minimum absolute atomic E-state index is 0.272. The maximum atomic E-state index is 13.6. The molecule has 0 amide bonds. The Balaban J connectivity index is 2.03. The van der Waals surface area contributed by atoms with E-state index in [-0.39, 0.29) is 13.2 Å². The monoisotopic (exact) mass is 265 g/mol. The smallest absolute Gasteiger partial charge is 0.288 e. The molecule has 1 fully saturated rings. The lowest BCUT2D eigenvalue weighted by atomic mass is 10.2. The van der Waals surface area contributed by atoms with Crippen LogP contribution in [-0.2, 0) is 4.74 Å². The molecule has 0 aliphatic carbocycles. The van der Waals surface area contributed by atoms with E-state index in [0.717, 1.165) is 10.9 Å². The van der Waals surface area contributed by atoms with Gasteiger partial charge in [0, 0.05) is 11.9 Å². The Labute approximate surface area is 109 Å². The zero-order valence-corrected chi connectivity index (χ0v) is 10.2. The molecule has 100 valence electrons. The van der Waals surface area contributed by atoms with Gasteiger partial charge in [-0.2, -0.15) is 0 Å². The molecule has 0 unspecified atom stereocenters. The van der Waals surface area contributed by atoms with Crippen LogP contribution in [0, 0.1) is 0 Å². The lowest BCUT2D eigenvalue weighted by Gasteiger charge is -2.24.